The maximum absolute atomic E-state index is 12.7. The summed E-state index contributed by atoms with van der Waals surface area (Å²) in [6.45, 7) is 6.02. The van der Waals surface area contributed by atoms with Crippen molar-refractivity contribution in [2.75, 3.05) is 26.2 Å². The number of aromatic nitrogens is 5. The van der Waals surface area contributed by atoms with Gasteiger partial charge in [-0.15, -0.1) is 10.2 Å². The van der Waals surface area contributed by atoms with Crippen molar-refractivity contribution in [2.24, 2.45) is 7.05 Å². The van der Waals surface area contributed by atoms with E-state index in [2.05, 4.69) is 29.6 Å². The number of nitrogens with one attached hydrogen (secondary N) is 1. The van der Waals surface area contributed by atoms with E-state index in [1.165, 1.54) is 19.0 Å². The Kier molecular flexibility index (Phi) is 5.25. The number of aryl methyl sites for hydroxylation is 1. The van der Waals surface area contributed by atoms with Crippen molar-refractivity contribution in [2.45, 2.75) is 45.1 Å². The summed E-state index contributed by atoms with van der Waals surface area (Å²) in [6.07, 6.45) is 5.53. The van der Waals surface area contributed by atoms with Crippen LogP contribution in [0.1, 0.15) is 59.4 Å². The molecule has 0 unspecified atom stereocenters. The molecule has 150 valence electrons. The average molecular weight is 385 g/mol. The third-order valence-electron chi connectivity index (χ3n) is 5.87. The van der Waals surface area contributed by atoms with Crippen LogP contribution in [-0.4, -0.2) is 66.6 Å². The highest BCUT2D eigenvalue weighted by Gasteiger charge is 2.29. The molecule has 0 aromatic carbocycles. The highest BCUT2D eigenvalue weighted by Crippen LogP contribution is 2.27. The van der Waals surface area contributed by atoms with Crippen LogP contribution >= 0.6 is 0 Å². The third kappa shape index (κ3) is 3.71. The largest absolute Gasteiger partial charge is 0.338 e. The Balaban J connectivity index is 1.39. The van der Waals surface area contributed by atoms with E-state index in [9.17, 15) is 9.59 Å². The number of nitrogens with zero attached hydrogens (tertiary/aromatic N) is 6. The molecule has 0 bridgehead atoms. The summed E-state index contributed by atoms with van der Waals surface area (Å²) >= 11 is 0. The molecule has 0 spiro atoms. The lowest BCUT2D eigenvalue weighted by molar-refractivity contribution is 0.0708. The molecule has 28 heavy (non-hydrogen) atoms. The number of carbonyl (C=O) groups is 1. The molecule has 0 atom stereocenters. The van der Waals surface area contributed by atoms with Crippen LogP contribution in [0.2, 0.25) is 0 Å². The Morgan fingerprint density at radius 1 is 1.18 bits per heavy atom. The van der Waals surface area contributed by atoms with Gasteiger partial charge in [-0.2, -0.15) is 0 Å². The number of likely N-dealkylation sites (tertiary alicyclic amines) is 2. The lowest BCUT2D eigenvalue weighted by atomic mass is 9.95. The molecule has 2 aliphatic rings. The Morgan fingerprint density at radius 2 is 1.89 bits per heavy atom. The summed E-state index contributed by atoms with van der Waals surface area (Å²) in [6, 6.07) is 0. The topological polar surface area (TPSA) is 100 Å². The van der Waals surface area contributed by atoms with Crippen molar-refractivity contribution in [1.82, 2.24) is 34.5 Å². The zero-order valence-electron chi connectivity index (χ0n) is 16.5. The van der Waals surface area contributed by atoms with Gasteiger partial charge in [0.15, 0.2) is 0 Å². The van der Waals surface area contributed by atoms with Crippen molar-refractivity contribution >= 4 is 5.91 Å². The minimum Gasteiger partial charge on any atom is -0.338 e. The minimum absolute atomic E-state index is 0.107. The van der Waals surface area contributed by atoms with E-state index in [-0.39, 0.29) is 22.9 Å². The zero-order valence-corrected chi connectivity index (χ0v) is 16.5. The summed E-state index contributed by atoms with van der Waals surface area (Å²) in [5, 5.41) is 8.86. The average Bonchev–Trinajstić information content (AvgIpc) is 3.32. The van der Waals surface area contributed by atoms with Crippen LogP contribution < -0.4 is 5.56 Å². The van der Waals surface area contributed by atoms with Crippen LogP contribution in [0, 0.1) is 6.92 Å². The van der Waals surface area contributed by atoms with Gasteiger partial charge < -0.3 is 14.5 Å². The maximum atomic E-state index is 12.7. The molecule has 0 saturated carbocycles. The molecule has 9 nitrogen and oxygen atoms in total. The molecule has 4 heterocycles. The second kappa shape index (κ2) is 7.83. The van der Waals surface area contributed by atoms with E-state index in [1.807, 2.05) is 7.05 Å². The predicted molar refractivity (Wildman–Crippen MR) is 103 cm³/mol. The second-order valence-electron chi connectivity index (χ2n) is 7.79. The number of hydrogen-bond donors (Lipinski definition) is 1. The number of rotatable bonds is 4. The van der Waals surface area contributed by atoms with Crippen molar-refractivity contribution in [3.05, 3.63) is 39.6 Å². The van der Waals surface area contributed by atoms with E-state index in [0.29, 0.717) is 18.9 Å². The smallest absolute Gasteiger partial charge is 0.263 e. The first-order chi connectivity index (χ1) is 13.5. The van der Waals surface area contributed by atoms with Crippen LogP contribution in [0.5, 0.6) is 0 Å². The van der Waals surface area contributed by atoms with Crippen LogP contribution in [-0.2, 0) is 13.6 Å². The zero-order chi connectivity index (χ0) is 19.7. The summed E-state index contributed by atoms with van der Waals surface area (Å²) in [4.78, 5) is 35.5. The second-order valence-corrected chi connectivity index (χ2v) is 7.79. The molecule has 0 aliphatic carbocycles. The van der Waals surface area contributed by atoms with Gasteiger partial charge in [0.05, 0.1) is 6.54 Å². The quantitative estimate of drug-likeness (QED) is 0.836. The SMILES string of the molecule is Cc1ncc(C(=O)N2CCC(c3nnc(CN4CCCC4)n3C)CC2)c(=O)[nH]1. The minimum atomic E-state index is -0.375. The molecule has 1 N–H and O–H groups in total. The molecular weight excluding hydrogens is 358 g/mol. The van der Waals surface area contributed by atoms with E-state index in [4.69, 9.17) is 0 Å². The van der Waals surface area contributed by atoms with Gasteiger partial charge in [0.25, 0.3) is 11.5 Å². The molecule has 0 radical (unpaired) electrons. The van der Waals surface area contributed by atoms with Crippen molar-refractivity contribution in [3.63, 3.8) is 0 Å². The summed E-state index contributed by atoms with van der Waals surface area (Å²) < 4.78 is 2.12. The van der Waals surface area contributed by atoms with Crippen LogP contribution in [0.4, 0.5) is 0 Å². The first-order valence-corrected chi connectivity index (χ1v) is 9.98. The van der Waals surface area contributed by atoms with Crippen molar-refractivity contribution in [1.29, 1.82) is 0 Å². The Hall–Kier alpha value is -2.55. The first-order valence-electron chi connectivity index (χ1n) is 9.98. The molecule has 1 amide bonds. The molecule has 2 aliphatic heterocycles. The number of carbonyl (C=O) groups excluding carboxylic acids is 1. The van der Waals surface area contributed by atoms with Gasteiger partial charge in [0, 0.05) is 32.3 Å². The Labute approximate surface area is 163 Å². The number of piperidine rings is 1. The van der Waals surface area contributed by atoms with Crippen LogP contribution in [0.15, 0.2) is 11.0 Å². The molecular formula is C19H27N7O2. The number of hydrogen-bond acceptors (Lipinski definition) is 6. The van der Waals surface area contributed by atoms with Gasteiger partial charge in [-0.25, -0.2) is 4.98 Å². The van der Waals surface area contributed by atoms with E-state index >= 15 is 0 Å². The summed E-state index contributed by atoms with van der Waals surface area (Å²) in [5.41, 5.74) is -0.268. The Morgan fingerprint density at radius 3 is 2.57 bits per heavy atom. The Bertz CT molecular complexity index is 905. The van der Waals surface area contributed by atoms with Gasteiger partial charge in [-0.3, -0.25) is 14.5 Å². The fourth-order valence-corrected chi connectivity index (χ4v) is 4.16. The van der Waals surface area contributed by atoms with Crippen LogP contribution in [0.25, 0.3) is 0 Å². The van der Waals surface area contributed by atoms with Gasteiger partial charge in [0.1, 0.15) is 23.0 Å². The number of H-pyrrole nitrogens is 1. The number of amides is 1. The molecule has 2 fully saturated rings. The molecule has 4 rings (SSSR count). The van der Waals surface area contributed by atoms with Gasteiger partial charge in [-0.1, -0.05) is 0 Å². The summed E-state index contributed by atoms with van der Waals surface area (Å²) in [7, 11) is 2.04. The molecule has 2 aromatic rings. The van der Waals surface area contributed by atoms with E-state index < -0.39 is 0 Å². The maximum Gasteiger partial charge on any atom is 0.263 e. The van der Waals surface area contributed by atoms with E-state index in [0.717, 1.165) is 44.1 Å². The van der Waals surface area contributed by atoms with Crippen molar-refractivity contribution in [3.8, 4) is 0 Å². The molecule has 2 aromatic heterocycles. The fourth-order valence-electron chi connectivity index (χ4n) is 4.16. The van der Waals surface area contributed by atoms with Gasteiger partial charge >= 0.3 is 0 Å². The first kappa shape index (κ1) is 18.8. The fraction of sp³-hybridized carbons (Fsp3) is 0.632. The van der Waals surface area contributed by atoms with Crippen molar-refractivity contribution < 1.29 is 4.79 Å². The molecule has 2 saturated heterocycles. The number of aromatic amines is 1. The summed E-state index contributed by atoms with van der Waals surface area (Å²) in [5.74, 6) is 2.54. The lowest BCUT2D eigenvalue weighted by Crippen LogP contribution is -2.40. The normalized spacial score (nSPS) is 18.7. The van der Waals surface area contributed by atoms with Crippen LogP contribution in [0.3, 0.4) is 0 Å². The lowest BCUT2D eigenvalue weighted by Gasteiger charge is -2.31. The third-order valence-corrected chi connectivity index (χ3v) is 5.87. The predicted octanol–water partition coefficient (Wildman–Crippen LogP) is 0.822. The van der Waals surface area contributed by atoms with Gasteiger partial charge in [0.2, 0.25) is 0 Å². The van der Waals surface area contributed by atoms with Gasteiger partial charge in [-0.05, 0) is 45.7 Å². The monoisotopic (exact) mass is 385 g/mol. The standard InChI is InChI=1S/C19H27N7O2/c1-13-20-11-15(18(27)21-13)19(28)26-9-5-14(6-10-26)17-23-22-16(24(17)2)12-25-7-3-4-8-25/h11,14H,3-10,12H2,1-2H3,(H,20,21,27). The highest BCUT2D eigenvalue weighted by atomic mass is 16.2. The van der Waals surface area contributed by atoms with E-state index in [1.54, 1.807) is 11.8 Å². The molecule has 9 heteroatoms. The highest BCUT2D eigenvalue weighted by molar-refractivity contribution is 5.93.